The van der Waals surface area contributed by atoms with Gasteiger partial charge in [-0.25, -0.2) is 0 Å². The molecule has 0 aliphatic carbocycles. The molecule has 0 aliphatic rings. The molecule has 0 saturated heterocycles. The number of aromatic hydroxyl groups is 3. The van der Waals surface area contributed by atoms with E-state index in [2.05, 4.69) is 0 Å². The van der Waals surface area contributed by atoms with Gasteiger partial charge in [-0.1, -0.05) is 0 Å². The Bertz CT molecular complexity index is 1360. The van der Waals surface area contributed by atoms with Crippen LogP contribution in [0.3, 0.4) is 0 Å². The molecule has 180 valence electrons. The Kier molecular flexibility index (Phi) is 6.55. The summed E-state index contributed by atoms with van der Waals surface area (Å²) in [6, 6.07) is 17.8. The average molecular weight is 475 g/mol. The molecule has 0 bridgehead atoms. The summed E-state index contributed by atoms with van der Waals surface area (Å²) in [6.45, 7) is 2.35. The predicted molar refractivity (Wildman–Crippen MR) is 130 cm³/mol. The summed E-state index contributed by atoms with van der Waals surface area (Å²) in [5.74, 6) is -0.294. The molecule has 0 radical (unpaired) electrons. The molecule has 8 nitrogen and oxygen atoms in total. The van der Waals surface area contributed by atoms with Crippen molar-refractivity contribution in [1.82, 2.24) is 4.57 Å². The Morgan fingerprint density at radius 2 is 1.51 bits per heavy atom. The minimum atomic E-state index is -0.568. The number of rotatable bonds is 8. The second kappa shape index (κ2) is 9.72. The highest BCUT2D eigenvalue weighted by molar-refractivity contribution is 6.15. The van der Waals surface area contributed by atoms with Crippen LogP contribution in [0, 0.1) is 0 Å². The Morgan fingerprint density at radius 3 is 2.11 bits per heavy atom. The number of phenolic OH excluding ortho intramolecular Hbond substituents is 1. The highest BCUT2D eigenvalue weighted by atomic mass is 16.5. The van der Waals surface area contributed by atoms with E-state index in [0.717, 1.165) is 0 Å². The zero-order chi connectivity index (χ0) is 25.1. The number of hydrogen-bond donors (Lipinski definition) is 3. The van der Waals surface area contributed by atoms with Gasteiger partial charge in [-0.05, 0) is 73.7 Å². The summed E-state index contributed by atoms with van der Waals surface area (Å²) in [6.07, 6.45) is 0. The summed E-state index contributed by atoms with van der Waals surface area (Å²) in [7, 11) is 2.94. The molecule has 0 aliphatic heterocycles. The lowest BCUT2D eigenvalue weighted by Gasteiger charge is -2.14. The van der Waals surface area contributed by atoms with E-state index < -0.39 is 17.4 Å². The number of methoxy groups -OCH3 is 2. The highest BCUT2D eigenvalue weighted by Gasteiger charge is 2.30. The molecule has 3 N–H and O–H groups in total. The van der Waals surface area contributed by atoms with Gasteiger partial charge in [0, 0.05) is 16.8 Å². The fourth-order valence-electron chi connectivity index (χ4n) is 3.86. The van der Waals surface area contributed by atoms with Gasteiger partial charge in [-0.2, -0.15) is 0 Å². The quantitative estimate of drug-likeness (QED) is 0.311. The van der Waals surface area contributed by atoms with E-state index in [1.165, 1.54) is 30.9 Å². The summed E-state index contributed by atoms with van der Waals surface area (Å²) < 4.78 is 17.3. The zero-order valence-electron chi connectivity index (χ0n) is 19.5. The first kappa shape index (κ1) is 23.6. The van der Waals surface area contributed by atoms with Crippen molar-refractivity contribution in [3.05, 3.63) is 77.9 Å². The monoisotopic (exact) mass is 475 g/mol. The van der Waals surface area contributed by atoms with E-state index >= 15 is 0 Å². The van der Waals surface area contributed by atoms with Crippen LogP contribution in [0.4, 0.5) is 0 Å². The third-order valence-electron chi connectivity index (χ3n) is 5.56. The summed E-state index contributed by atoms with van der Waals surface area (Å²) in [5, 5.41) is 32.0. The Labute approximate surface area is 202 Å². The van der Waals surface area contributed by atoms with Gasteiger partial charge < -0.3 is 29.5 Å². The van der Waals surface area contributed by atoms with E-state index in [-0.39, 0.29) is 22.8 Å². The molecule has 1 heterocycles. The van der Waals surface area contributed by atoms with Crippen molar-refractivity contribution in [2.24, 2.45) is 0 Å². The number of ketones is 1. The largest absolute Gasteiger partial charge is 0.504 e. The maximum Gasteiger partial charge on any atom is 0.240 e. The van der Waals surface area contributed by atoms with Crippen molar-refractivity contribution in [1.29, 1.82) is 0 Å². The lowest BCUT2D eigenvalue weighted by Crippen LogP contribution is -2.05. The molecule has 0 fully saturated rings. The first-order valence-electron chi connectivity index (χ1n) is 10.9. The Balaban J connectivity index is 1.96. The minimum absolute atomic E-state index is 0.0911. The van der Waals surface area contributed by atoms with Crippen LogP contribution in [0.5, 0.6) is 34.6 Å². The molecule has 4 rings (SSSR count). The SMILES string of the molecule is CCOc1ccc(C(=O)c2c(O)c(O)n(-c3ccc(OC)cc3)c2-c2ccc(O)c(OC)c2)cc1. The van der Waals surface area contributed by atoms with Crippen molar-refractivity contribution in [2.45, 2.75) is 6.92 Å². The number of ether oxygens (including phenoxy) is 3. The molecular formula is C27H25NO7. The number of nitrogens with zero attached hydrogens (tertiary/aromatic N) is 1. The summed E-state index contributed by atoms with van der Waals surface area (Å²) >= 11 is 0. The first-order valence-corrected chi connectivity index (χ1v) is 10.9. The average Bonchev–Trinajstić information content (AvgIpc) is 3.15. The first-order chi connectivity index (χ1) is 16.9. The van der Waals surface area contributed by atoms with Gasteiger partial charge in [0.2, 0.25) is 5.88 Å². The van der Waals surface area contributed by atoms with E-state index in [1.54, 1.807) is 54.6 Å². The third kappa shape index (κ3) is 4.33. The fourth-order valence-corrected chi connectivity index (χ4v) is 3.86. The molecular weight excluding hydrogens is 450 g/mol. The van der Waals surface area contributed by atoms with Crippen LogP contribution in [0.2, 0.25) is 0 Å². The molecule has 3 aromatic carbocycles. The van der Waals surface area contributed by atoms with Crippen molar-refractivity contribution >= 4 is 5.78 Å². The molecule has 0 amide bonds. The van der Waals surface area contributed by atoms with Gasteiger partial charge in [0.1, 0.15) is 11.5 Å². The lowest BCUT2D eigenvalue weighted by atomic mass is 9.98. The van der Waals surface area contributed by atoms with E-state index in [9.17, 15) is 20.1 Å². The van der Waals surface area contributed by atoms with Crippen LogP contribution in [0.25, 0.3) is 16.9 Å². The molecule has 0 spiro atoms. The molecule has 0 saturated carbocycles. The predicted octanol–water partition coefficient (Wildman–Crippen LogP) is 4.91. The van der Waals surface area contributed by atoms with Crippen molar-refractivity contribution in [2.75, 3.05) is 20.8 Å². The van der Waals surface area contributed by atoms with Gasteiger partial charge in [0.15, 0.2) is 23.0 Å². The molecule has 1 aromatic heterocycles. The van der Waals surface area contributed by atoms with Gasteiger partial charge >= 0.3 is 0 Å². The zero-order valence-corrected chi connectivity index (χ0v) is 19.5. The standard InChI is InChI=1S/C27H25NO7/c1-4-35-20-10-5-16(6-11-20)25(30)23-24(17-7-14-21(29)22(15-17)34-3)28(27(32)26(23)31)18-8-12-19(33-2)13-9-18/h5-15,29,31-32H,4H2,1-3H3. The number of hydrogen-bond acceptors (Lipinski definition) is 7. The smallest absolute Gasteiger partial charge is 0.240 e. The molecule has 0 atom stereocenters. The number of benzene rings is 3. The number of aromatic nitrogens is 1. The maximum absolute atomic E-state index is 13.6. The minimum Gasteiger partial charge on any atom is -0.504 e. The van der Waals surface area contributed by atoms with Gasteiger partial charge in [0.25, 0.3) is 0 Å². The van der Waals surface area contributed by atoms with Crippen molar-refractivity contribution in [3.63, 3.8) is 0 Å². The summed E-state index contributed by atoms with van der Waals surface area (Å²) in [5.41, 5.74) is 1.33. The second-order valence-electron chi connectivity index (χ2n) is 7.60. The van der Waals surface area contributed by atoms with Crippen LogP contribution in [-0.4, -0.2) is 46.5 Å². The maximum atomic E-state index is 13.6. The van der Waals surface area contributed by atoms with Crippen molar-refractivity contribution in [3.8, 4) is 51.6 Å². The van der Waals surface area contributed by atoms with Crippen LogP contribution in [0.15, 0.2) is 66.7 Å². The fraction of sp³-hybridized carbons (Fsp3) is 0.148. The molecule has 8 heteroatoms. The van der Waals surface area contributed by atoms with Gasteiger partial charge in [-0.15, -0.1) is 0 Å². The van der Waals surface area contributed by atoms with Crippen LogP contribution >= 0.6 is 0 Å². The van der Waals surface area contributed by atoms with Crippen molar-refractivity contribution < 1.29 is 34.3 Å². The normalized spacial score (nSPS) is 10.7. The third-order valence-corrected chi connectivity index (χ3v) is 5.56. The molecule has 35 heavy (non-hydrogen) atoms. The van der Waals surface area contributed by atoms with Gasteiger partial charge in [-0.3, -0.25) is 9.36 Å². The topological polar surface area (TPSA) is 110 Å². The molecule has 4 aromatic rings. The van der Waals surface area contributed by atoms with E-state index in [4.69, 9.17) is 14.2 Å². The second-order valence-corrected chi connectivity index (χ2v) is 7.60. The van der Waals surface area contributed by atoms with Crippen LogP contribution in [0.1, 0.15) is 22.8 Å². The summed E-state index contributed by atoms with van der Waals surface area (Å²) in [4.78, 5) is 13.6. The van der Waals surface area contributed by atoms with E-state index in [0.29, 0.717) is 34.9 Å². The van der Waals surface area contributed by atoms with Crippen LogP contribution < -0.4 is 14.2 Å². The highest BCUT2D eigenvalue weighted by Crippen LogP contribution is 2.45. The lowest BCUT2D eigenvalue weighted by molar-refractivity contribution is 0.103. The number of carbonyl (C=O) groups excluding carboxylic acids is 1. The van der Waals surface area contributed by atoms with Gasteiger partial charge in [0.05, 0.1) is 32.1 Å². The number of carbonyl (C=O) groups is 1. The number of phenols is 1. The van der Waals surface area contributed by atoms with Crippen LogP contribution in [-0.2, 0) is 0 Å². The Hall–Kier alpha value is -4.59. The molecule has 0 unspecified atom stereocenters. The van der Waals surface area contributed by atoms with E-state index in [1.807, 2.05) is 6.92 Å². The Morgan fingerprint density at radius 1 is 0.857 bits per heavy atom.